The number of methoxy groups -OCH3 is 1. The Morgan fingerprint density at radius 1 is 1.35 bits per heavy atom. The van der Waals surface area contributed by atoms with Crippen molar-refractivity contribution in [1.29, 1.82) is 0 Å². The molecule has 0 aromatic rings. The number of carbonyl (C=O) groups is 1. The van der Waals surface area contributed by atoms with E-state index < -0.39 is 5.60 Å². The van der Waals surface area contributed by atoms with Crippen LogP contribution in [0.3, 0.4) is 0 Å². The van der Waals surface area contributed by atoms with E-state index >= 15 is 0 Å². The van der Waals surface area contributed by atoms with Crippen LogP contribution in [0.15, 0.2) is 0 Å². The Hall–Kier alpha value is -0.850. The summed E-state index contributed by atoms with van der Waals surface area (Å²) in [6.07, 6.45) is 1.70. The second-order valence-electron chi connectivity index (χ2n) is 7.71. The Bertz CT molecular complexity index is 366. The molecule has 1 heterocycles. The van der Waals surface area contributed by atoms with Crippen LogP contribution in [0.25, 0.3) is 0 Å². The van der Waals surface area contributed by atoms with Crippen LogP contribution in [-0.4, -0.2) is 68.2 Å². The normalized spacial score (nSPS) is 21.0. The number of carbonyl (C=O) groups excluding carboxylic acids is 1. The minimum atomic E-state index is -0.486. The molecule has 1 amide bonds. The molecule has 1 aliphatic heterocycles. The van der Waals surface area contributed by atoms with Crippen molar-refractivity contribution in [3.63, 3.8) is 0 Å². The third-order valence-corrected chi connectivity index (χ3v) is 3.73. The molecule has 1 rings (SSSR count). The molecule has 136 valence electrons. The Kier molecular flexibility index (Phi) is 7.77. The quantitative estimate of drug-likeness (QED) is 0.777. The molecular weight excluding hydrogens is 296 g/mol. The van der Waals surface area contributed by atoms with Gasteiger partial charge in [-0.05, 0) is 47.5 Å². The first-order chi connectivity index (χ1) is 10.6. The summed E-state index contributed by atoms with van der Waals surface area (Å²) in [5, 5.41) is 3.53. The van der Waals surface area contributed by atoms with Gasteiger partial charge in [0.1, 0.15) is 5.60 Å². The largest absolute Gasteiger partial charge is 0.444 e. The van der Waals surface area contributed by atoms with Crippen molar-refractivity contribution < 1.29 is 19.0 Å². The molecule has 0 bridgehead atoms. The third kappa shape index (κ3) is 8.53. The molecule has 1 fully saturated rings. The second kappa shape index (κ2) is 8.85. The van der Waals surface area contributed by atoms with Gasteiger partial charge in [0.25, 0.3) is 0 Å². The van der Waals surface area contributed by atoms with E-state index in [2.05, 4.69) is 19.2 Å². The van der Waals surface area contributed by atoms with Crippen LogP contribution in [-0.2, 0) is 14.2 Å². The fraction of sp³-hybridized carbons (Fsp3) is 0.941. The molecule has 1 saturated heterocycles. The van der Waals surface area contributed by atoms with Gasteiger partial charge in [-0.1, -0.05) is 0 Å². The summed E-state index contributed by atoms with van der Waals surface area (Å²) in [5.74, 6) is 0. The number of nitrogens with one attached hydrogen (secondary N) is 1. The summed E-state index contributed by atoms with van der Waals surface area (Å²) >= 11 is 0. The highest BCUT2D eigenvalue weighted by molar-refractivity contribution is 5.68. The van der Waals surface area contributed by atoms with Gasteiger partial charge in [-0.25, -0.2) is 4.79 Å². The first-order valence-electron chi connectivity index (χ1n) is 8.47. The van der Waals surface area contributed by atoms with Crippen LogP contribution in [0.1, 0.15) is 47.5 Å². The van der Waals surface area contributed by atoms with Crippen LogP contribution in [0.2, 0.25) is 0 Å². The Morgan fingerprint density at radius 3 is 2.61 bits per heavy atom. The van der Waals surface area contributed by atoms with Gasteiger partial charge < -0.3 is 24.4 Å². The average Bonchev–Trinajstić information content (AvgIpc) is 2.39. The van der Waals surface area contributed by atoms with Crippen molar-refractivity contribution in [3.05, 3.63) is 0 Å². The lowest BCUT2D eigenvalue weighted by Gasteiger charge is -2.36. The second-order valence-corrected chi connectivity index (χ2v) is 7.71. The summed E-state index contributed by atoms with van der Waals surface area (Å²) in [5.41, 5.74) is -0.558. The predicted octanol–water partition coefficient (Wildman–Crippen LogP) is 2.42. The third-order valence-electron chi connectivity index (χ3n) is 3.73. The lowest BCUT2D eigenvalue weighted by atomic mass is 9.94. The Labute approximate surface area is 140 Å². The van der Waals surface area contributed by atoms with E-state index in [1.807, 2.05) is 20.8 Å². The molecule has 1 atom stereocenters. The standard InChI is InChI=1S/C17H34N2O4/c1-16(2,3)23-15(20)19(10-12-21-6)9-8-18-14-7-11-22-17(4,5)13-14/h14,18H,7-13H2,1-6H3. The van der Waals surface area contributed by atoms with Crippen molar-refractivity contribution in [2.45, 2.75) is 64.7 Å². The van der Waals surface area contributed by atoms with Gasteiger partial charge in [-0.3, -0.25) is 0 Å². The van der Waals surface area contributed by atoms with E-state index in [4.69, 9.17) is 14.2 Å². The lowest BCUT2D eigenvalue weighted by Crippen LogP contribution is -2.47. The number of hydrogen-bond acceptors (Lipinski definition) is 5. The van der Waals surface area contributed by atoms with Gasteiger partial charge in [0, 0.05) is 39.4 Å². The Morgan fingerprint density at radius 2 is 2.04 bits per heavy atom. The molecule has 0 aromatic carbocycles. The van der Waals surface area contributed by atoms with Crippen molar-refractivity contribution in [3.8, 4) is 0 Å². The van der Waals surface area contributed by atoms with E-state index in [1.54, 1.807) is 12.0 Å². The van der Waals surface area contributed by atoms with Gasteiger partial charge >= 0.3 is 6.09 Å². The van der Waals surface area contributed by atoms with E-state index in [9.17, 15) is 4.79 Å². The lowest BCUT2D eigenvalue weighted by molar-refractivity contribution is -0.0630. The minimum Gasteiger partial charge on any atom is -0.444 e. The number of hydrogen-bond donors (Lipinski definition) is 1. The zero-order valence-corrected chi connectivity index (χ0v) is 15.6. The fourth-order valence-corrected chi connectivity index (χ4v) is 2.63. The maximum absolute atomic E-state index is 12.3. The molecule has 0 radical (unpaired) electrons. The summed E-state index contributed by atoms with van der Waals surface area (Å²) in [4.78, 5) is 14.0. The smallest absolute Gasteiger partial charge is 0.410 e. The highest BCUT2D eigenvalue weighted by atomic mass is 16.6. The SMILES string of the molecule is COCCN(CCNC1CCOC(C)(C)C1)C(=O)OC(C)(C)C. The van der Waals surface area contributed by atoms with Crippen LogP contribution in [0, 0.1) is 0 Å². The molecule has 1 N–H and O–H groups in total. The molecule has 0 aliphatic carbocycles. The molecule has 0 saturated carbocycles. The molecule has 6 heteroatoms. The first kappa shape index (κ1) is 20.2. The molecule has 1 aliphatic rings. The zero-order chi connectivity index (χ0) is 17.5. The van der Waals surface area contributed by atoms with Gasteiger partial charge in [0.05, 0.1) is 12.2 Å². The molecule has 6 nitrogen and oxygen atoms in total. The molecule has 0 aromatic heterocycles. The van der Waals surface area contributed by atoms with E-state index in [-0.39, 0.29) is 11.7 Å². The van der Waals surface area contributed by atoms with E-state index in [0.29, 0.717) is 25.7 Å². The highest BCUT2D eigenvalue weighted by Crippen LogP contribution is 2.23. The summed E-state index contributed by atoms with van der Waals surface area (Å²) in [7, 11) is 1.63. The number of ether oxygens (including phenoxy) is 3. The first-order valence-corrected chi connectivity index (χ1v) is 8.47. The molecular formula is C17H34N2O4. The van der Waals surface area contributed by atoms with Crippen molar-refractivity contribution in [1.82, 2.24) is 10.2 Å². The molecule has 0 spiro atoms. The Balaban J connectivity index is 2.42. The predicted molar refractivity (Wildman–Crippen MR) is 90.7 cm³/mol. The maximum atomic E-state index is 12.3. The number of nitrogens with zero attached hydrogens (tertiary/aromatic N) is 1. The van der Waals surface area contributed by atoms with Gasteiger partial charge in [0.15, 0.2) is 0 Å². The summed E-state index contributed by atoms with van der Waals surface area (Å²) in [6.45, 7) is 13.0. The highest BCUT2D eigenvalue weighted by Gasteiger charge is 2.28. The topological polar surface area (TPSA) is 60.0 Å². The minimum absolute atomic E-state index is 0.0726. The fourth-order valence-electron chi connectivity index (χ4n) is 2.63. The van der Waals surface area contributed by atoms with Crippen LogP contribution in [0.5, 0.6) is 0 Å². The van der Waals surface area contributed by atoms with Crippen LogP contribution < -0.4 is 5.32 Å². The molecule has 1 unspecified atom stereocenters. The average molecular weight is 330 g/mol. The summed E-state index contributed by atoms with van der Waals surface area (Å²) < 4.78 is 16.3. The zero-order valence-electron chi connectivity index (χ0n) is 15.6. The van der Waals surface area contributed by atoms with Crippen LogP contribution in [0.4, 0.5) is 4.79 Å². The van der Waals surface area contributed by atoms with Crippen molar-refractivity contribution in [2.75, 3.05) is 40.0 Å². The number of rotatable bonds is 7. The van der Waals surface area contributed by atoms with Gasteiger partial charge in [0.2, 0.25) is 0 Å². The maximum Gasteiger partial charge on any atom is 0.410 e. The number of amides is 1. The van der Waals surface area contributed by atoms with Crippen molar-refractivity contribution in [2.24, 2.45) is 0 Å². The molecule has 23 heavy (non-hydrogen) atoms. The van der Waals surface area contributed by atoms with Gasteiger partial charge in [-0.2, -0.15) is 0 Å². The van der Waals surface area contributed by atoms with E-state index in [0.717, 1.165) is 26.0 Å². The summed E-state index contributed by atoms with van der Waals surface area (Å²) in [6, 6.07) is 0.432. The monoisotopic (exact) mass is 330 g/mol. The van der Waals surface area contributed by atoms with Crippen molar-refractivity contribution >= 4 is 6.09 Å². The van der Waals surface area contributed by atoms with Gasteiger partial charge in [-0.15, -0.1) is 0 Å². The van der Waals surface area contributed by atoms with Crippen LogP contribution >= 0.6 is 0 Å². The van der Waals surface area contributed by atoms with E-state index in [1.165, 1.54) is 0 Å².